The van der Waals surface area contributed by atoms with Crippen molar-refractivity contribution in [3.8, 4) is 11.1 Å². The summed E-state index contributed by atoms with van der Waals surface area (Å²) in [5.74, 6) is 0.716. The van der Waals surface area contributed by atoms with Crippen LogP contribution >= 0.6 is 11.6 Å². The van der Waals surface area contributed by atoms with Gasteiger partial charge in [0, 0.05) is 5.69 Å². The molecule has 0 atom stereocenters. The molecule has 4 aromatic rings. The fourth-order valence-corrected chi connectivity index (χ4v) is 3.32. The second-order valence-corrected chi connectivity index (χ2v) is 6.57. The summed E-state index contributed by atoms with van der Waals surface area (Å²) >= 11 is 6.17. The zero-order valence-corrected chi connectivity index (χ0v) is 15.7. The van der Waals surface area contributed by atoms with E-state index in [0.717, 1.165) is 39.8 Å². The van der Waals surface area contributed by atoms with Crippen LogP contribution in [0.2, 0.25) is 5.28 Å². The van der Waals surface area contributed by atoms with Crippen LogP contribution in [0.4, 0.5) is 5.82 Å². The van der Waals surface area contributed by atoms with Crippen LogP contribution in [0, 0.1) is 0 Å². The van der Waals surface area contributed by atoms with Gasteiger partial charge in [-0.3, -0.25) is 4.98 Å². The van der Waals surface area contributed by atoms with E-state index in [-0.39, 0.29) is 5.28 Å². The first-order chi connectivity index (χ1) is 13.2. The minimum Gasteiger partial charge on any atom is -0.364 e. The van der Waals surface area contributed by atoms with Gasteiger partial charge < -0.3 is 5.32 Å². The molecule has 2 aromatic heterocycles. The Morgan fingerprint density at radius 1 is 0.815 bits per heavy atom. The molecule has 0 fully saturated rings. The lowest BCUT2D eigenvalue weighted by Gasteiger charge is -2.13. The third kappa shape index (κ3) is 3.76. The number of rotatable bonds is 5. The zero-order valence-electron chi connectivity index (χ0n) is 15.0. The lowest BCUT2D eigenvalue weighted by molar-refractivity contribution is 0.955. The number of aryl methyl sites for hydroxylation is 1. The van der Waals surface area contributed by atoms with Crippen molar-refractivity contribution in [1.29, 1.82) is 0 Å². The summed E-state index contributed by atoms with van der Waals surface area (Å²) in [5, 5.41) is 4.59. The monoisotopic (exact) mass is 374 g/mol. The lowest BCUT2D eigenvalue weighted by Crippen LogP contribution is -2.06. The number of anilines is 1. The van der Waals surface area contributed by atoms with Gasteiger partial charge in [0.05, 0.1) is 23.1 Å². The average Bonchev–Trinajstić information content (AvgIpc) is 2.72. The molecule has 134 valence electrons. The molecule has 0 aliphatic carbocycles. The smallest absolute Gasteiger partial charge is 0.224 e. The van der Waals surface area contributed by atoms with E-state index in [4.69, 9.17) is 11.6 Å². The summed E-state index contributed by atoms with van der Waals surface area (Å²) < 4.78 is 0. The van der Waals surface area contributed by atoms with Gasteiger partial charge in [0.1, 0.15) is 5.82 Å². The number of hydrogen-bond acceptors (Lipinski definition) is 4. The van der Waals surface area contributed by atoms with Crippen molar-refractivity contribution in [2.24, 2.45) is 0 Å². The first-order valence-corrected chi connectivity index (χ1v) is 9.33. The summed E-state index contributed by atoms with van der Waals surface area (Å²) in [4.78, 5) is 13.5. The Morgan fingerprint density at radius 3 is 2.41 bits per heavy atom. The molecule has 2 heterocycles. The molecule has 4 rings (SSSR count). The van der Waals surface area contributed by atoms with E-state index >= 15 is 0 Å². The van der Waals surface area contributed by atoms with Crippen LogP contribution in [-0.4, -0.2) is 15.0 Å². The minimum atomic E-state index is 0.227. The highest BCUT2D eigenvalue weighted by atomic mass is 35.5. The molecule has 0 spiro atoms. The van der Waals surface area contributed by atoms with Crippen molar-refractivity contribution in [1.82, 2.24) is 15.0 Å². The third-order valence-corrected chi connectivity index (χ3v) is 4.61. The maximum atomic E-state index is 6.17. The molecule has 0 radical (unpaired) electrons. The third-order valence-electron chi connectivity index (χ3n) is 4.44. The molecule has 0 unspecified atom stereocenters. The van der Waals surface area contributed by atoms with Crippen LogP contribution in [-0.2, 0) is 13.0 Å². The normalized spacial score (nSPS) is 10.9. The van der Waals surface area contributed by atoms with Crippen molar-refractivity contribution in [3.05, 3.63) is 83.4 Å². The van der Waals surface area contributed by atoms with Gasteiger partial charge >= 0.3 is 0 Å². The van der Waals surface area contributed by atoms with Crippen LogP contribution in [0.3, 0.4) is 0 Å². The predicted octanol–water partition coefficient (Wildman–Crippen LogP) is 5.52. The summed E-state index contributed by atoms with van der Waals surface area (Å²) in [7, 11) is 0. The Balaban J connectivity index is 1.77. The SMILES string of the molecule is CCc1cccc(CNc2nc(Cl)nc3cccc(-c4ccccc4)c23)n1. The summed E-state index contributed by atoms with van der Waals surface area (Å²) in [6.45, 7) is 2.67. The van der Waals surface area contributed by atoms with Crippen LogP contribution in [0.1, 0.15) is 18.3 Å². The second kappa shape index (κ2) is 7.72. The van der Waals surface area contributed by atoms with E-state index in [0.29, 0.717) is 12.4 Å². The molecule has 0 aliphatic heterocycles. The van der Waals surface area contributed by atoms with E-state index in [1.807, 2.05) is 48.5 Å². The highest BCUT2D eigenvalue weighted by Crippen LogP contribution is 2.33. The number of pyridine rings is 1. The van der Waals surface area contributed by atoms with Crippen molar-refractivity contribution in [2.75, 3.05) is 5.32 Å². The van der Waals surface area contributed by atoms with Gasteiger partial charge in [-0.1, -0.05) is 55.5 Å². The Kier molecular flexibility index (Phi) is 4.99. The molecule has 4 nitrogen and oxygen atoms in total. The van der Waals surface area contributed by atoms with Crippen LogP contribution in [0.15, 0.2) is 66.7 Å². The summed E-state index contributed by atoms with van der Waals surface area (Å²) in [6.07, 6.45) is 0.911. The van der Waals surface area contributed by atoms with Gasteiger partial charge in [-0.05, 0) is 47.3 Å². The highest BCUT2D eigenvalue weighted by Gasteiger charge is 2.12. The van der Waals surface area contributed by atoms with E-state index in [2.05, 4.69) is 45.4 Å². The van der Waals surface area contributed by atoms with Crippen LogP contribution < -0.4 is 5.32 Å². The molecule has 0 amide bonds. The molecule has 0 bridgehead atoms. The number of hydrogen-bond donors (Lipinski definition) is 1. The Hall–Kier alpha value is -2.98. The maximum absolute atomic E-state index is 6.17. The van der Waals surface area contributed by atoms with Gasteiger partial charge in [0.25, 0.3) is 0 Å². The van der Waals surface area contributed by atoms with Gasteiger partial charge in [0.2, 0.25) is 5.28 Å². The fraction of sp³-hybridized carbons (Fsp3) is 0.136. The quantitative estimate of drug-likeness (QED) is 0.467. The zero-order chi connectivity index (χ0) is 18.6. The second-order valence-electron chi connectivity index (χ2n) is 6.23. The number of aromatic nitrogens is 3. The van der Waals surface area contributed by atoms with Gasteiger partial charge in [0.15, 0.2) is 0 Å². The Morgan fingerprint density at radius 2 is 1.59 bits per heavy atom. The van der Waals surface area contributed by atoms with Gasteiger partial charge in [-0.25, -0.2) is 9.97 Å². The van der Waals surface area contributed by atoms with Crippen molar-refractivity contribution in [3.63, 3.8) is 0 Å². The maximum Gasteiger partial charge on any atom is 0.224 e. The number of fused-ring (bicyclic) bond motifs is 1. The molecule has 0 saturated heterocycles. The number of nitrogens with zero attached hydrogens (tertiary/aromatic N) is 3. The molecule has 0 aliphatic rings. The van der Waals surface area contributed by atoms with Gasteiger partial charge in [-0.15, -0.1) is 0 Å². The first kappa shape index (κ1) is 17.4. The molecule has 2 aromatic carbocycles. The molecular formula is C22H19ClN4. The van der Waals surface area contributed by atoms with E-state index in [9.17, 15) is 0 Å². The molecule has 1 N–H and O–H groups in total. The standard InChI is InChI=1S/C22H19ClN4/c1-2-16-10-6-11-17(25-16)14-24-21-20-18(15-8-4-3-5-9-15)12-7-13-19(20)26-22(23)27-21/h3-13H,2,14H2,1H3,(H,24,26,27). The topological polar surface area (TPSA) is 50.7 Å². The van der Waals surface area contributed by atoms with Crippen molar-refractivity contribution in [2.45, 2.75) is 19.9 Å². The molecular weight excluding hydrogens is 356 g/mol. The van der Waals surface area contributed by atoms with Gasteiger partial charge in [-0.2, -0.15) is 0 Å². The average molecular weight is 375 g/mol. The fourth-order valence-electron chi connectivity index (χ4n) is 3.14. The molecule has 27 heavy (non-hydrogen) atoms. The van der Waals surface area contributed by atoms with E-state index in [1.54, 1.807) is 0 Å². The lowest BCUT2D eigenvalue weighted by atomic mass is 10.0. The summed E-state index contributed by atoms with van der Waals surface area (Å²) in [6, 6.07) is 22.3. The van der Waals surface area contributed by atoms with E-state index < -0.39 is 0 Å². The predicted molar refractivity (Wildman–Crippen MR) is 111 cm³/mol. The minimum absolute atomic E-state index is 0.227. The highest BCUT2D eigenvalue weighted by molar-refractivity contribution is 6.29. The van der Waals surface area contributed by atoms with E-state index in [1.165, 1.54) is 0 Å². The Labute approximate surface area is 163 Å². The summed E-state index contributed by atoms with van der Waals surface area (Å²) in [5.41, 5.74) is 5.04. The van der Waals surface area contributed by atoms with Crippen LogP contribution in [0.5, 0.6) is 0 Å². The largest absolute Gasteiger partial charge is 0.364 e. The number of halogens is 1. The van der Waals surface area contributed by atoms with Crippen molar-refractivity contribution < 1.29 is 0 Å². The van der Waals surface area contributed by atoms with Crippen molar-refractivity contribution >= 4 is 28.3 Å². The first-order valence-electron chi connectivity index (χ1n) is 8.95. The molecule has 5 heteroatoms. The molecule has 0 saturated carbocycles. The van der Waals surface area contributed by atoms with Crippen LogP contribution in [0.25, 0.3) is 22.0 Å². The number of nitrogens with one attached hydrogen (secondary N) is 1. The Bertz CT molecular complexity index is 1080. The number of benzene rings is 2.